The van der Waals surface area contributed by atoms with Gasteiger partial charge in [-0.1, -0.05) is 12.1 Å². The number of rotatable bonds is 4. The molecule has 0 bridgehead atoms. The van der Waals surface area contributed by atoms with Crippen LogP contribution in [0.25, 0.3) is 11.0 Å². The van der Waals surface area contributed by atoms with Gasteiger partial charge in [-0.3, -0.25) is 4.90 Å². The van der Waals surface area contributed by atoms with Crippen molar-refractivity contribution in [2.24, 2.45) is 0 Å². The second kappa shape index (κ2) is 6.00. The predicted octanol–water partition coefficient (Wildman–Crippen LogP) is 2.29. The Balaban J connectivity index is 1.95. The van der Waals surface area contributed by atoms with Gasteiger partial charge in [-0.15, -0.1) is 0 Å². The van der Waals surface area contributed by atoms with Crippen LogP contribution in [0.4, 0.5) is 0 Å². The third-order valence-electron chi connectivity index (χ3n) is 4.30. The first-order chi connectivity index (χ1) is 10.2. The lowest BCUT2D eigenvalue weighted by atomic mass is 10.1. The summed E-state index contributed by atoms with van der Waals surface area (Å²) in [5.41, 5.74) is 2.62. The summed E-state index contributed by atoms with van der Waals surface area (Å²) in [6.45, 7) is 4.92. The van der Waals surface area contributed by atoms with Gasteiger partial charge in [0.05, 0.1) is 0 Å². The van der Waals surface area contributed by atoms with Gasteiger partial charge in [-0.2, -0.15) is 0 Å². The Morgan fingerprint density at radius 1 is 1.38 bits per heavy atom. The van der Waals surface area contributed by atoms with Gasteiger partial charge in [0.15, 0.2) is 0 Å². The number of likely N-dealkylation sites (N-methyl/N-ethyl adjacent to an activating group) is 1. The monoisotopic (exact) mass is 286 g/mol. The molecule has 2 aromatic rings. The second-order valence-corrected chi connectivity index (χ2v) is 5.91. The van der Waals surface area contributed by atoms with E-state index in [9.17, 15) is 4.79 Å². The molecule has 1 fully saturated rings. The molecule has 0 saturated carbocycles. The molecule has 112 valence electrons. The molecule has 0 radical (unpaired) electrons. The van der Waals surface area contributed by atoms with Gasteiger partial charge in [0.1, 0.15) is 5.58 Å². The molecule has 1 N–H and O–H groups in total. The molecule has 1 atom stereocenters. The molecule has 1 aliphatic rings. The van der Waals surface area contributed by atoms with Crippen LogP contribution in [0.2, 0.25) is 0 Å². The summed E-state index contributed by atoms with van der Waals surface area (Å²) in [5, 5.41) is 4.31. The number of nitrogens with one attached hydrogen (secondary N) is 1. The molecular formula is C17H22N2O2. The van der Waals surface area contributed by atoms with Gasteiger partial charge in [0, 0.05) is 30.6 Å². The van der Waals surface area contributed by atoms with Crippen molar-refractivity contribution in [3.8, 4) is 0 Å². The van der Waals surface area contributed by atoms with Crippen molar-refractivity contribution in [3.05, 3.63) is 45.8 Å². The van der Waals surface area contributed by atoms with E-state index in [-0.39, 0.29) is 5.63 Å². The highest BCUT2D eigenvalue weighted by molar-refractivity contribution is 5.80. The molecule has 0 spiro atoms. The van der Waals surface area contributed by atoms with Crippen LogP contribution in [-0.4, -0.2) is 31.1 Å². The summed E-state index contributed by atoms with van der Waals surface area (Å²) >= 11 is 0. The standard InChI is InChI=1S/C17H22N2O2/c1-12-5-6-15-13(9-17(20)21-16(15)8-12)11-19-7-3-4-14(19)10-18-2/h5-6,8-9,14,18H,3-4,7,10-11H2,1-2H3. The molecular weight excluding hydrogens is 264 g/mol. The number of likely N-dealkylation sites (tertiary alicyclic amines) is 1. The largest absolute Gasteiger partial charge is 0.423 e. The third kappa shape index (κ3) is 3.01. The lowest BCUT2D eigenvalue weighted by Gasteiger charge is -2.24. The van der Waals surface area contributed by atoms with Crippen molar-refractivity contribution in [3.63, 3.8) is 0 Å². The lowest BCUT2D eigenvalue weighted by molar-refractivity contribution is 0.242. The Morgan fingerprint density at radius 3 is 3.05 bits per heavy atom. The molecule has 21 heavy (non-hydrogen) atoms. The van der Waals surface area contributed by atoms with Gasteiger partial charge < -0.3 is 9.73 Å². The van der Waals surface area contributed by atoms with E-state index in [0.717, 1.165) is 36.1 Å². The predicted molar refractivity (Wildman–Crippen MR) is 84.6 cm³/mol. The fourth-order valence-corrected chi connectivity index (χ4v) is 3.26. The maximum Gasteiger partial charge on any atom is 0.336 e. The number of nitrogens with zero attached hydrogens (tertiary/aromatic N) is 1. The van der Waals surface area contributed by atoms with Crippen LogP contribution >= 0.6 is 0 Å². The highest BCUT2D eigenvalue weighted by atomic mass is 16.4. The van der Waals surface area contributed by atoms with Crippen LogP contribution in [0.3, 0.4) is 0 Å². The minimum Gasteiger partial charge on any atom is -0.423 e. The second-order valence-electron chi connectivity index (χ2n) is 5.91. The minimum atomic E-state index is -0.257. The van der Waals surface area contributed by atoms with Crippen molar-refractivity contribution in [2.75, 3.05) is 20.1 Å². The number of aryl methyl sites for hydroxylation is 1. The SMILES string of the molecule is CNCC1CCCN1Cc1cc(=O)oc2cc(C)ccc12. The topological polar surface area (TPSA) is 45.5 Å². The van der Waals surface area contributed by atoms with Crippen molar-refractivity contribution < 1.29 is 4.42 Å². The maximum atomic E-state index is 11.8. The fourth-order valence-electron chi connectivity index (χ4n) is 3.26. The minimum absolute atomic E-state index is 0.257. The van der Waals surface area contributed by atoms with Crippen molar-refractivity contribution in [1.29, 1.82) is 0 Å². The van der Waals surface area contributed by atoms with Gasteiger partial charge >= 0.3 is 5.63 Å². The zero-order valence-electron chi connectivity index (χ0n) is 12.7. The first-order valence-corrected chi connectivity index (χ1v) is 7.59. The van der Waals surface area contributed by atoms with Gasteiger partial charge in [-0.05, 0) is 50.6 Å². The average Bonchev–Trinajstić information content (AvgIpc) is 2.86. The van der Waals surface area contributed by atoms with E-state index in [1.807, 2.05) is 20.0 Å². The third-order valence-corrected chi connectivity index (χ3v) is 4.30. The van der Waals surface area contributed by atoms with E-state index in [0.29, 0.717) is 11.6 Å². The lowest BCUT2D eigenvalue weighted by Crippen LogP contribution is -2.36. The Morgan fingerprint density at radius 2 is 2.24 bits per heavy atom. The number of fused-ring (bicyclic) bond motifs is 1. The molecule has 0 amide bonds. The highest BCUT2D eigenvalue weighted by Gasteiger charge is 2.24. The Hall–Kier alpha value is -1.65. The Bertz CT molecular complexity index is 693. The number of hydrogen-bond acceptors (Lipinski definition) is 4. The van der Waals surface area contributed by atoms with Gasteiger partial charge in [0.25, 0.3) is 0 Å². The highest BCUT2D eigenvalue weighted by Crippen LogP contribution is 2.24. The van der Waals surface area contributed by atoms with E-state index < -0.39 is 0 Å². The molecule has 1 saturated heterocycles. The Kier molecular flexibility index (Phi) is 4.08. The molecule has 4 heteroatoms. The summed E-state index contributed by atoms with van der Waals surface area (Å²) in [6.07, 6.45) is 2.45. The summed E-state index contributed by atoms with van der Waals surface area (Å²) in [4.78, 5) is 14.3. The van der Waals surface area contributed by atoms with Crippen molar-refractivity contribution in [2.45, 2.75) is 32.4 Å². The fraction of sp³-hybridized carbons (Fsp3) is 0.471. The molecule has 2 heterocycles. The summed E-state index contributed by atoms with van der Waals surface area (Å²) < 4.78 is 5.34. The molecule has 1 aromatic carbocycles. The smallest absolute Gasteiger partial charge is 0.336 e. The van der Waals surface area contributed by atoms with Gasteiger partial charge in [-0.25, -0.2) is 4.79 Å². The van der Waals surface area contributed by atoms with Crippen LogP contribution in [0.1, 0.15) is 24.0 Å². The zero-order valence-corrected chi connectivity index (χ0v) is 12.7. The van der Waals surface area contributed by atoms with Crippen molar-refractivity contribution in [1.82, 2.24) is 10.2 Å². The maximum absolute atomic E-state index is 11.8. The van der Waals surface area contributed by atoms with E-state index in [1.165, 1.54) is 12.8 Å². The van der Waals surface area contributed by atoms with E-state index in [2.05, 4.69) is 22.3 Å². The van der Waals surface area contributed by atoms with E-state index in [1.54, 1.807) is 6.07 Å². The summed E-state index contributed by atoms with van der Waals surface area (Å²) in [7, 11) is 1.99. The van der Waals surface area contributed by atoms with Crippen LogP contribution < -0.4 is 10.9 Å². The normalized spacial score (nSPS) is 19.4. The summed E-state index contributed by atoms with van der Waals surface area (Å²) in [5.74, 6) is 0. The van der Waals surface area contributed by atoms with Gasteiger partial charge in [0.2, 0.25) is 0 Å². The Labute approximate surface area is 124 Å². The molecule has 1 aromatic heterocycles. The molecule has 1 unspecified atom stereocenters. The quantitative estimate of drug-likeness (QED) is 0.876. The summed E-state index contributed by atoms with van der Waals surface area (Å²) in [6, 6.07) is 8.28. The van der Waals surface area contributed by atoms with Crippen LogP contribution in [0.5, 0.6) is 0 Å². The zero-order chi connectivity index (χ0) is 14.8. The number of hydrogen-bond donors (Lipinski definition) is 1. The number of benzene rings is 1. The molecule has 4 nitrogen and oxygen atoms in total. The molecule has 1 aliphatic heterocycles. The van der Waals surface area contributed by atoms with Crippen molar-refractivity contribution >= 4 is 11.0 Å². The van der Waals surface area contributed by atoms with Crippen LogP contribution in [0, 0.1) is 6.92 Å². The van der Waals surface area contributed by atoms with Crippen LogP contribution in [-0.2, 0) is 6.54 Å². The first kappa shape index (κ1) is 14.3. The first-order valence-electron chi connectivity index (χ1n) is 7.59. The van der Waals surface area contributed by atoms with E-state index >= 15 is 0 Å². The van der Waals surface area contributed by atoms with Crippen LogP contribution in [0.15, 0.2) is 33.5 Å². The van der Waals surface area contributed by atoms with E-state index in [4.69, 9.17) is 4.42 Å². The molecule has 3 rings (SSSR count). The molecule has 0 aliphatic carbocycles. The average molecular weight is 286 g/mol.